The van der Waals surface area contributed by atoms with Gasteiger partial charge in [0.1, 0.15) is 15.8 Å². The highest BCUT2D eigenvalue weighted by Crippen LogP contribution is 2.23. The third kappa shape index (κ3) is 4.76. The Morgan fingerprint density at radius 3 is 2.17 bits per heavy atom. The molecule has 136 valence electrons. The zero-order valence-corrected chi connectivity index (χ0v) is 15.4. The number of benzene rings is 1. The Morgan fingerprint density at radius 2 is 1.71 bits per heavy atom. The lowest BCUT2D eigenvalue weighted by Crippen LogP contribution is -2.41. The summed E-state index contributed by atoms with van der Waals surface area (Å²) in [7, 11) is -5.75. The average molecular weight is 378 g/mol. The van der Waals surface area contributed by atoms with Crippen molar-refractivity contribution in [3.8, 4) is 0 Å². The number of aliphatic carboxylic acids is 1. The molecule has 10 heteroatoms. The minimum absolute atomic E-state index is 0.119. The van der Waals surface area contributed by atoms with E-state index in [1.807, 2.05) is 6.92 Å². The molecule has 0 amide bonds. The van der Waals surface area contributed by atoms with Crippen LogP contribution in [0.3, 0.4) is 0 Å². The first-order valence-electron chi connectivity index (χ1n) is 7.30. The van der Waals surface area contributed by atoms with Crippen LogP contribution in [0.5, 0.6) is 0 Å². The van der Waals surface area contributed by atoms with Crippen molar-refractivity contribution in [2.75, 3.05) is 14.1 Å². The number of hydrogen-bond donors (Lipinski definition) is 2. The van der Waals surface area contributed by atoms with Crippen molar-refractivity contribution in [3.63, 3.8) is 0 Å². The highest BCUT2D eigenvalue weighted by Gasteiger charge is 2.31. The van der Waals surface area contributed by atoms with Crippen LogP contribution in [0.1, 0.15) is 26.2 Å². The molecule has 2 N–H and O–H groups in total. The molecule has 0 fully saturated rings. The number of nitrogens with zero attached hydrogens (tertiary/aromatic N) is 1. The van der Waals surface area contributed by atoms with Gasteiger partial charge in [-0.1, -0.05) is 31.9 Å². The van der Waals surface area contributed by atoms with Crippen LogP contribution in [0, 0.1) is 0 Å². The van der Waals surface area contributed by atoms with E-state index in [0.717, 1.165) is 10.4 Å². The van der Waals surface area contributed by atoms with E-state index in [-0.39, 0.29) is 6.42 Å². The van der Waals surface area contributed by atoms with Gasteiger partial charge in [-0.3, -0.25) is 4.79 Å². The highest BCUT2D eigenvalue weighted by molar-refractivity contribution is 7.92. The SMILES string of the molecule is CCCC[C@H](NS(=O)(=O)c1ccccc1S(=O)(=O)N(C)C)C(=O)O. The number of carboxylic acid groups (broad SMARTS) is 1. The van der Waals surface area contributed by atoms with E-state index in [2.05, 4.69) is 4.72 Å². The van der Waals surface area contributed by atoms with Gasteiger partial charge in [0.05, 0.1) is 0 Å². The molecule has 1 rings (SSSR count). The van der Waals surface area contributed by atoms with Gasteiger partial charge in [-0.05, 0) is 18.6 Å². The van der Waals surface area contributed by atoms with Crippen LogP contribution in [0.15, 0.2) is 34.1 Å². The van der Waals surface area contributed by atoms with Crippen molar-refractivity contribution in [1.82, 2.24) is 9.03 Å². The molecule has 0 saturated carbocycles. The second-order valence-electron chi connectivity index (χ2n) is 5.39. The van der Waals surface area contributed by atoms with Crippen molar-refractivity contribution < 1.29 is 26.7 Å². The fourth-order valence-electron chi connectivity index (χ4n) is 1.97. The van der Waals surface area contributed by atoms with Crippen LogP contribution in [0.25, 0.3) is 0 Å². The number of nitrogens with one attached hydrogen (secondary N) is 1. The van der Waals surface area contributed by atoms with Crippen LogP contribution in [-0.2, 0) is 24.8 Å². The predicted molar refractivity (Wildman–Crippen MR) is 88.6 cm³/mol. The molecule has 0 aliphatic rings. The lowest BCUT2D eigenvalue weighted by molar-refractivity contribution is -0.139. The maximum atomic E-state index is 12.5. The Bertz CT molecular complexity index is 787. The largest absolute Gasteiger partial charge is 0.480 e. The molecule has 0 heterocycles. The first kappa shape index (κ1) is 20.6. The molecule has 0 radical (unpaired) electrons. The predicted octanol–water partition coefficient (Wildman–Crippen LogP) is 0.859. The van der Waals surface area contributed by atoms with Crippen LogP contribution in [0.2, 0.25) is 0 Å². The highest BCUT2D eigenvalue weighted by atomic mass is 32.2. The molecule has 24 heavy (non-hydrogen) atoms. The van der Waals surface area contributed by atoms with E-state index in [0.29, 0.717) is 12.8 Å². The first-order valence-corrected chi connectivity index (χ1v) is 10.2. The molecule has 0 bridgehead atoms. The van der Waals surface area contributed by atoms with Crippen molar-refractivity contribution >= 4 is 26.0 Å². The normalized spacial score (nSPS) is 13.8. The maximum Gasteiger partial charge on any atom is 0.321 e. The van der Waals surface area contributed by atoms with E-state index < -0.39 is 41.8 Å². The molecule has 0 spiro atoms. The van der Waals surface area contributed by atoms with Crippen LogP contribution in [-0.4, -0.2) is 52.4 Å². The van der Waals surface area contributed by atoms with Crippen molar-refractivity contribution in [2.45, 2.75) is 42.0 Å². The fraction of sp³-hybridized carbons (Fsp3) is 0.500. The number of carboxylic acids is 1. The quantitative estimate of drug-likeness (QED) is 0.657. The Morgan fingerprint density at radius 1 is 1.17 bits per heavy atom. The molecule has 1 atom stereocenters. The molecule has 0 aliphatic carbocycles. The summed E-state index contributed by atoms with van der Waals surface area (Å²) in [6.45, 7) is 1.85. The van der Waals surface area contributed by atoms with Gasteiger partial charge in [-0.2, -0.15) is 4.72 Å². The van der Waals surface area contributed by atoms with E-state index >= 15 is 0 Å². The summed E-state index contributed by atoms with van der Waals surface area (Å²) in [4.78, 5) is 10.4. The van der Waals surface area contributed by atoms with Crippen molar-refractivity contribution in [1.29, 1.82) is 0 Å². The van der Waals surface area contributed by atoms with Gasteiger partial charge in [-0.15, -0.1) is 0 Å². The number of unbranched alkanes of at least 4 members (excludes halogenated alkanes) is 1. The first-order chi connectivity index (χ1) is 11.0. The van der Waals surface area contributed by atoms with Crippen molar-refractivity contribution in [3.05, 3.63) is 24.3 Å². The molecular formula is C14H22N2O6S2. The zero-order chi connectivity index (χ0) is 18.5. The van der Waals surface area contributed by atoms with Crippen LogP contribution >= 0.6 is 0 Å². The molecule has 0 aliphatic heterocycles. The molecule has 8 nitrogen and oxygen atoms in total. The van der Waals surface area contributed by atoms with Crippen LogP contribution in [0.4, 0.5) is 0 Å². The standard InChI is InChI=1S/C14H22N2O6S2/c1-4-5-8-11(14(17)18)15-23(19,20)12-9-6-7-10-13(12)24(21,22)16(2)3/h6-7,9-11,15H,4-5,8H2,1-3H3,(H,17,18)/t11-/m0/s1. The summed E-state index contributed by atoms with van der Waals surface area (Å²) in [5.41, 5.74) is 0. The molecule has 0 unspecified atom stereocenters. The summed E-state index contributed by atoms with van der Waals surface area (Å²) in [6, 6.07) is 3.78. The number of hydrogen-bond acceptors (Lipinski definition) is 5. The lowest BCUT2D eigenvalue weighted by atomic mass is 10.1. The Hall–Kier alpha value is -1.49. The second-order valence-corrected chi connectivity index (χ2v) is 9.19. The average Bonchev–Trinajstić information content (AvgIpc) is 2.51. The van der Waals surface area contributed by atoms with Gasteiger partial charge < -0.3 is 5.11 Å². The lowest BCUT2D eigenvalue weighted by Gasteiger charge is -2.18. The molecular weight excluding hydrogens is 356 g/mol. The second kappa shape index (κ2) is 8.06. The topological polar surface area (TPSA) is 121 Å². The van der Waals surface area contributed by atoms with Gasteiger partial charge in [0.15, 0.2) is 0 Å². The number of carbonyl (C=O) groups is 1. The minimum Gasteiger partial charge on any atom is -0.480 e. The van der Waals surface area contributed by atoms with Crippen molar-refractivity contribution in [2.24, 2.45) is 0 Å². The third-order valence-electron chi connectivity index (χ3n) is 3.34. The Labute approximate surface area is 142 Å². The summed E-state index contributed by atoms with van der Waals surface area (Å²) in [5.74, 6) is -1.31. The summed E-state index contributed by atoms with van der Waals surface area (Å²) in [5, 5.41) is 9.17. The number of sulfonamides is 2. The fourth-order valence-corrected chi connectivity index (χ4v) is 4.90. The van der Waals surface area contributed by atoms with E-state index in [1.54, 1.807) is 0 Å². The smallest absolute Gasteiger partial charge is 0.321 e. The zero-order valence-electron chi connectivity index (χ0n) is 13.8. The van der Waals surface area contributed by atoms with Gasteiger partial charge in [-0.25, -0.2) is 21.1 Å². The van der Waals surface area contributed by atoms with E-state index in [4.69, 9.17) is 0 Å². The summed E-state index contributed by atoms with van der Waals surface area (Å²) in [6.07, 6.45) is 1.35. The van der Waals surface area contributed by atoms with E-state index in [1.165, 1.54) is 32.3 Å². The van der Waals surface area contributed by atoms with Gasteiger partial charge in [0, 0.05) is 14.1 Å². The van der Waals surface area contributed by atoms with Gasteiger partial charge in [0.2, 0.25) is 20.0 Å². The van der Waals surface area contributed by atoms with E-state index in [9.17, 15) is 26.7 Å². The summed E-state index contributed by atoms with van der Waals surface area (Å²) < 4.78 is 52.7. The van der Waals surface area contributed by atoms with Gasteiger partial charge in [0.25, 0.3) is 0 Å². The van der Waals surface area contributed by atoms with Gasteiger partial charge >= 0.3 is 5.97 Å². The Balaban J connectivity index is 3.32. The minimum atomic E-state index is -4.32. The molecule has 0 saturated heterocycles. The third-order valence-corrected chi connectivity index (χ3v) is 6.87. The molecule has 1 aromatic carbocycles. The maximum absolute atomic E-state index is 12.5. The monoisotopic (exact) mass is 378 g/mol. The summed E-state index contributed by atoms with van der Waals surface area (Å²) >= 11 is 0. The Kier molecular flexibility index (Phi) is 6.90. The number of rotatable bonds is 9. The van der Waals surface area contributed by atoms with Crippen LogP contribution < -0.4 is 4.72 Å². The molecule has 1 aromatic rings. The molecule has 0 aromatic heterocycles.